The van der Waals surface area contributed by atoms with Crippen LogP contribution in [0.2, 0.25) is 5.02 Å². The van der Waals surface area contributed by atoms with Crippen LogP contribution in [-0.2, 0) is 16.1 Å². The Morgan fingerprint density at radius 3 is 2.66 bits per heavy atom. The second-order valence-electron chi connectivity index (χ2n) is 6.47. The largest absolute Gasteiger partial charge is 0.484 e. The van der Waals surface area contributed by atoms with E-state index in [2.05, 4.69) is 10.3 Å². The molecule has 0 aliphatic carbocycles. The van der Waals surface area contributed by atoms with E-state index < -0.39 is 6.04 Å². The zero-order valence-electron chi connectivity index (χ0n) is 16.2. The molecule has 29 heavy (non-hydrogen) atoms. The number of amides is 1. The molecule has 1 aromatic heterocycles. The molecule has 2 aromatic carbocycles. The molecule has 1 N–H and O–H groups in total. The van der Waals surface area contributed by atoms with Crippen molar-refractivity contribution in [3.8, 4) is 5.75 Å². The van der Waals surface area contributed by atoms with Crippen LogP contribution in [0.25, 0.3) is 10.9 Å². The number of nitrogens with one attached hydrogen (secondary N) is 1. The van der Waals surface area contributed by atoms with Crippen molar-refractivity contribution in [3.05, 3.63) is 69.7 Å². The summed E-state index contributed by atoms with van der Waals surface area (Å²) in [5.41, 5.74) is 0.417. The van der Waals surface area contributed by atoms with Gasteiger partial charge in [0.25, 0.3) is 11.5 Å². The first-order valence-electron chi connectivity index (χ1n) is 9.15. The first kappa shape index (κ1) is 20.8. The molecule has 3 rings (SSSR count). The summed E-state index contributed by atoms with van der Waals surface area (Å²) in [6.45, 7) is 2.30. The summed E-state index contributed by atoms with van der Waals surface area (Å²) in [4.78, 5) is 29.8. The van der Waals surface area contributed by atoms with E-state index in [0.717, 1.165) is 0 Å². The molecule has 0 bridgehead atoms. The van der Waals surface area contributed by atoms with Crippen molar-refractivity contribution in [2.75, 3.05) is 20.3 Å². The van der Waals surface area contributed by atoms with Crippen LogP contribution in [0.15, 0.2) is 53.3 Å². The van der Waals surface area contributed by atoms with Crippen molar-refractivity contribution in [2.45, 2.75) is 19.5 Å². The van der Waals surface area contributed by atoms with E-state index in [-0.39, 0.29) is 18.1 Å². The number of carbonyl (C=O) groups excluding carboxylic acids is 1. The van der Waals surface area contributed by atoms with Gasteiger partial charge in [-0.3, -0.25) is 14.2 Å². The van der Waals surface area contributed by atoms with Gasteiger partial charge >= 0.3 is 0 Å². The lowest BCUT2D eigenvalue weighted by molar-refractivity contribution is -0.123. The van der Waals surface area contributed by atoms with E-state index in [1.165, 1.54) is 4.57 Å². The number of ether oxygens (including phenoxy) is 2. The fourth-order valence-electron chi connectivity index (χ4n) is 2.94. The van der Waals surface area contributed by atoms with Gasteiger partial charge in [0.1, 0.15) is 11.6 Å². The molecule has 0 aliphatic heterocycles. The molecule has 152 valence electrons. The molecule has 0 saturated heterocycles. The fourth-order valence-corrected chi connectivity index (χ4v) is 3.07. The number of hydrogen-bond donors (Lipinski definition) is 1. The third kappa shape index (κ3) is 5.13. The average Bonchev–Trinajstić information content (AvgIpc) is 2.72. The Bertz CT molecular complexity index is 1050. The number of rotatable bonds is 8. The minimum absolute atomic E-state index is 0.165. The van der Waals surface area contributed by atoms with E-state index in [0.29, 0.717) is 40.7 Å². The highest BCUT2D eigenvalue weighted by atomic mass is 35.5. The van der Waals surface area contributed by atoms with Crippen molar-refractivity contribution in [1.29, 1.82) is 0 Å². The molecule has 1 unspecified atom stereocenters. The second-order valence-corrected chi connectivity index (χ2v) is 6.90. The summed E-state index contributed by atoms with van der Waals surface area (Å²) >= 11 is 5.84. The number of hydrogen-bond acceptors (Lipinski definition) is 5. The number of para-hydroxylation sites is 1. The SMILES string of the molecule is COCCn1c(C(C)NC(=O)COc2ccc(Cl)cc2)nc2ccccc2c1=O. The number of carbonyl (C=O) groups is 1. The predicted octanol–water partition coefficient (Wildman–Crippen LogP) is 2.95. The molecule has 0 aliphatic rings. The minimum atomic E-state index is -0.495. The number of fused-ring (bicyclic) bond motifs is 1. The smallest absolute Gasteiger partial charge is 0.261 e. The molecule has 1 atom stereocenters. The lowest BCUT2D eigenvalue weighted by Gasteiger charge is -2.19. The van der Waals surface area contributed by atoms with Crippen molar-refractivity contribution in [1.82, 2.24) is 14.9 Å². The quantitative estimate of drug-likeness (QED) is 0.611. The molecule has 0 radical (unpaired) electrons. The Morgan fingerprint density at radius 2 is 1.93 bits per heavy atom. The summed E-state index contributed by atoms with van der Waals surface area (Å²) in [6.07, 6.45) is 0. The number of aromatic nitrogens is 2. The number of nitrogens with zero attached hydrogens (tertiary/aromatic N) is 2. The molecule has 0 spiro atoms. The maximum absolute atomic E-state index is 12.9. The van der Waals surface area contributed by atoms with Gasteiger partial charge in [0.15, 0.2) is 6.61 Å². The number of benzene rings is 2. The molecule has 1 heterocycles. The second kappa shape index (κ2) is 9.54. The Labute approximate surface area is 173 Å². The Morgan fingerprint density at radius 1 is 1.21 bits per heavy atom. The summed E-state index contributed by atoms with van der Waals surface area (Å²) in [7, 11) is 1.57. The molecule has 8 heteroatoms. The maximum Gasteiger partial charge on any atom is 0.261 e. The Kier molecular flexibility index (Phi) is 6.85. The minimum Gasteiger partial charge on any atom is -0.484 e. The standard InChI is InChI=1S/C21H22ClN3O4/c1-14(23-19(26)13-29-16-9-7-15(22)8-10-16)20-24-18-6-4-3-5-17(18)21(27)25(20)11-12-28-2/h3-10,14H,11-13H2,1-2H3,(H,23,26). The van der Waals surface area contributed by atoms with E-state index in [1.54, 1.807) is 56.5 Å². The third-order valence-corrected chi connectivity index (χ3v) is 4.61. The van der Waals surface area contributed by atoms with Gasteiger partial charge in [0, 0.05) is 12.1 Å². The topological polar surface area (TPSA) is 82.4 Å². The Hall–Kier alpha value is -2.90. The van der Waals surface area contributed by atoms with E-state index in [9.17, 15) is 9.59 Å². The van der Waals surface area contributed by atoms with E-state index in [4.69, 9.17) is 21.1 Å². The summed E-state index contributed by atoms with van der Waals surface area (Å²) < 4.78 is 12.1. The Balaban J connectivity index is 1.78. The van der Waals surface area contributed by atoms with Crippen LogP contribution in [0, 0.1) is 0 Å². The molecular weight excluding hydrogens is 394 g/mol. The first-order valence-corrected chi connectivity index (χ1v) is 9.53. The summed E-state index contributed by atoms with van der Waals surface area (Å²) in [5.74, 6) is 0.678. The third-order valence-electron chi connectivity index (χ3n) is 4.36. The number of halogens is 1. The van der Waals surface area contributed by atoms with Gasteiger partial charge in [0.05, 0.1) is 30.1 Å². The monoisotopic (exact) mass is 415 g/mol. The maximum atomic E-state index is 12.9. The summed E-state index contributed by atoms with van der Waals surface area (Å²) in [6, 6.07) is 13.4. The van der Waals surface area contributed by atoms with Crippen molar-refractivity contribution >= 4 is 28.4 Å². The predicted molar refractivity (Wildman–Crippen MR) is 111 cm³/mol. The van der Waals surface area contributed by atoms with Crippen molar-refractivity contribution < 1.29 is 14.3 Å². The van der Waals surface area contributed by atoms with E-state index in [1.807, 2.05) is 6.07 Å². The summed E-state index contributed by atoms with van der Waals surface area (Å²) in [5, 5.41) is 3.95. The van der Waals surface area contributed by atoms with Crippen LogP contribution in [0.5, 0.6) is 5.75 Å². The van der Waals surface area contributed by atoms with Crippen LogP contribution in [-0.4, -0.2) is 35.8 Å². The van der Waals surface area contributed by atoms with Crippen molar-refractivity contribution in [3.63, 3.8) is 0 Å². The van der Waals surface area contributed by atoms with Gasteiger partial charge in [-0.05, 0) is 43.3 Å². The number of methoxy groups -OCH3 is 1. The molecular formula is C21H22ClN3O4. The van der Waals surface area contributed by atoms with Crippen LogP contribution in [0.4, 0.5) is 0 Å². The molecule has 7 nitrogen and oxygen atoms in total. The van der Waals surface area contributed by atoms with Crippen LogP contribution in [0.1, 0.15) is 18.8 Å². The lowest BCUT2D eigenvalue weighted by Crippen LogP contribution is -2.36. The normalized spacial score (nSPS) is 12.0. The van der Waals surface area contributed by atoms with Gasteiger partial charge in [-0.2, -0.15) is 0 Å². The van der Waals surface area contributed by atoms with Crippen LogP contribution in [0.3, 0.4) is 0 Å². The van der Waals surface area contributed by atoms with Crippen LogP contribution >= 0.6 is 11.6 Å². The molecule has 0 fully saturated rings. The van der Waals surface area contributed by atoms with E-state index >= 15 is 0 Å². The van der Waals surface area contributed by atoms with Gasteiger partial charge in [-0.1, -0.05) is 23.7 Å². The highest BCUT2D eigenvalue weighted by molar-refractivity contribution is 6.30. The lowest BCUT2D eigenvalue weighted by atomic mass is 10.2. The highest BCUT2D eigenvalue weighted by Gasteiger charge is 2.18. The average molecular weight is 416 g/mol. The highest BCUT2D eigenvalue weighted by Crippen LogP contribution is 2.16. The van der Waals surface area contributed by atoms with Gasteiger partial charge < -0.3 is 14.8 Å². The molecule has 1 amide bonds. The van der Waals surface area contributed by atoms with Gasteiger partial charge in [0.2, 0.25) is 0 Å². The van der Waals surface area contributed by atoms with Crippen molar-refractivity contribution in [2.24, 2.45) is 0 Å². The van der Waals surface area contributed by atoms with Crippen LogP contribution < -0.4 is 15.6 Å². The molecule has 3 aromatic rings. The van der Waals surface area contributed by atoms with Gasteiger partial charge in [-0.15, -0.1) is 0 Å². The fraction of sp³-hybridized carbons (Fsp3) is 0.286. The zero-order chi connectivity index (χ0) is 20.8. The van der Waals surface area contributed by atoms with Gasteiger partial charge in [-0.25, -0.2) is 4.98 Å². The first-order chi connectivity index (χ1) is 14.0. The molecule has 0 saturated carbocycles. The zero-order valence-corrected chi connectivity index (χ0v) is 17.0.